The van der Waals surface area contributed by atoms with Crippen molar-refractivity contribution in [3.05, 3.63) is 83.9 Å². The van der Waals surface area contributed by atoms with Gasteiger partial charge in [0.1, 0.15) is 17.3 Å². The summed E-state index contributed by atoms with van der Waals surface area (Å²) >= 11 is 7.08. The van der Waals surface area contributed by atoms with E-state index in [1.807, 2.05) is 12.1 Å². The first-order valence-electron chi connectivity index (χ1n) is 9.98. The number of ether oxygens (including phenoxy) is 1. The first-order chi connectivity index (χ1) is 16.4. The molecule has 3 aromatic carbocycles. The quantitative estimate of drug-likeness (QED) is 0.365. The monoisotopic (exact) mass is 514 g/mol. The minimum Gasteiger partial charge on any atom is -0.497 e. The summed E-state index contributed by atoms with van der Waals surface area (Å²) in [5, 5.41) is 12.0. The van der Waals surface area contributed by atoms with E-state index in [-0.39, 0.29) is 10.0 Å². The maximum atomic E-state index is 13.3. The Hall–Kier alpha value is -3.47. The minimum absolute atomic E-state index is 0.0197. The van der Waals surface area contributed by atoms with Crippen LogP contribution in [0, 0.1) is 0 Å². The van der Waals surface area contributed by atoms with Crippen molar-refractivity contribution in [3.63, 3.8) is 0 Å². The SMILES string of the molecule is COc1ccc(-c2nnc(NC(=O)CN(c3ccccc3)S(=O)(=O)c3ccc(Cl)cc3)s2)cc1. The van der Waals surface area contributed by atoms with Crippen LogP contribution in [-0.4, -0.2) is 38.2 Å². The van der Waals surface area contributed by atoms with E-state index in [0.29, 0.717) is 21.5 Å². The molecule has 4 aromatic rings. The van der Waals surface area contributed by atoms with Crippen molar-refractivity contribution in [3.8, 4) is 16.3 Å². The Morgan fingerprint density at radius 1 is 1.00 bits per heavy atom. The molecule has 0 unspecified atom stereocenters. The number of anilines is 2. The number of sulfonamides is 1. The van der Waals surface area contributed by atoms with Crippen LogP contribution in [0.3, 0.4) is 0 Å². The van der Waals surface area contributed by atoms with Crippen LogP contribution in [0.5, 0.6) is 5.75 Å². The van der Waals surface area contributed by atoms with Gasteiger partial charge in [-0.2, -0.15) is 0 Å². The van der Waals surface area contributed by atoms with Gasteiger partial charge in [0.05, 0.1) is 17.7 Å². The smallest absolute Gasteiger partial charge is 0.264 e. The fourth-order valence-electron chi connectivity index (χ4n) is 3.06. The molecule has 0 aliphatic rings. The first-order valence-corrected chi connectivity index (χ1v) is 12.6. The fourth-order valence-corrected chi connectivity index (χ4v) is 5.37. The molecule has 1 aromatic heterocycles. The number of nitrogens with one attached hydrogen (secondary N) is 1. The van der Waals surface area contributed by atoms with Crippen molar-refractivity contribution in [2.24, 2.45) is 0 Å². The number of benzene rings is 3. The zero-order valence-electron chi connectivity index (χ0n) is 17.9. The van der Waals surface area contributed by atoms with Crippen LogP contribution in [0.25, 0.3) is 10.6 Å². The number of halogens is 1. The fraction of sp³-hybridized carbons (Fsp3) is 0.0870. The number of rotatable bonds is 8. The third-order valence-corrected chi connectivity index (χ3v) is 7.67. The zero-order valence-corrected chi connectivity index (χ0v) is 20.3. The van der Waals surface area contributed by atoms with Crippen molar-refractivity contribution in [1.29, 1.82) is 0 Å². The van der Waals surface area contributed by atoms with Gasteiger partial charge in [0.2, 0.25) is 11.0 Å². The molecule has 34 heavy (non-hydrogen) atoms. The van der Waals surface area contributed by atoms with E-state index in [2.05, 4.69) is 15.5 Å². The number of carbonyl (C=O) groups is 1. The molecule has 0 aliphatic heterocycles. The summed E-state index contributed by atoms with van der Waals surface area (Å²) in [6.07, 6.45) is 0. The summed E-state index contributed by atoms with van der Waals surface area (Å²) in [4.78, 5) is 12.9. The topological polar surface area (TPSA) is 101 Å². The van der Waals surface area contributed by atoms with E-state index < -0.39 is 22.5 Å². The standard InChI is InChI=1S/C23H19ClN4O4S2/c1-32-19-11-7-16(8-12-19)22-26-27-23(33-22)25-21(29)15-28(18-5-3-2-4-6-18)34(30,31)20-13-9-17(24)10-14-20/h2-14H,15H2,1H3,(H,25,27,29). The molecule has 0 saturated carbocycles. The summed E-state index contributed by atoms with van der Waals surface area (Å²) in [5.74, 6) is 0.156. The molecule has 11 heteroatoms. The van der Waals surface area contributed by atoms with Gasteiger partial charge < -0.3 is 4.74 Å². The molecule has 0 fully saturated rings. The average Bonchev–Trinajstić information content (AvgIpc) is 3.31. The molecule has 0 atom stereocenters. The van der Waals surface area contributed by atoms with Crippen LogP contribution in [0.15, 0.2) is 83.8 Å². The molecule has 1 N–H and O–H groups in total. The number of aromatic nitrogens is 2. The lowest BCUT2D eigenvalue weighted by Crippen LogP contribution is -2.38. The van der Waals surface area contributed by atoms with E-state index in [4.69, 9.17) is 16.3 Å². The average molecular weight is 515 g/mol. The molecule has 4 rings (SSSR count). The maximum absolute atomic E-state index is 13.3. The molecule has 0 bridgehead atoms. The second-order valence-corrected chi connectivity index (χ2v) is 10.3. The number of carbonyl (C=O) groups excluding carboxylic acids is 1. The molecular weight excluding hydrogens is 496 g/mol. The van der Waals surface area contributed by atoms with Crippen LogP contribution in [0.2, 0.25) is 5.02 Å². The highest BCUT2D eigenvalue weighted by Crippen LogP contribution is 2.28. The second kappa shape index (κ2) is 10.2. The van der Waals surface area contributed by atoms with Gasteiger partial charge in [-0.1, -0.05) is 41.1 Å². The van der Waals surface area contributed by atoms with Crippen molar-refractivity contribution in [2.75, 3.05) is 23.3 Å². The van der Waals surface area contributed by atoms with Crippen LogP contribution in [0.1, 0.15) is 0 Å². The van der Waals surface area contributed by atoms with Gasteiger partial charge in [-0.15, -0.1) is 10.2 Å². The Kier molecular flexibility index (Phi) is 7.11. The predicted octanol–water partition coefficient (Wildman–Crippen LogP) is 4.70. The van der Waals surface area contributed by atoms with Crippen molar-refractivity contribution in [1.82, 2.24) is 10.2 Å². The number of amides is 1. The Morgan fingerprint density at radius 3 is 2.32 bits per heavy atom. The van der Waals surface area contributed by atoms with Gasteiger partial charge in [0, 0.05) is 10.6 Å². The third kappa shape index (κ3) is 5.36. The lowest BCUT2D eigenvalue weighted by atomic mass is 10.2. The second-order valence-electron chi connectivity index (χ2n) is 6.99. The van der Waals surface area contributed by atoms with Crippen molar-refractivity contribution < 1.29 is 17.9 Å². The Balaban J connectivity index is 1.55. The number of hydrogen-bond donors (Lipinski definition) is 1. The van der Waals surface area contributed by atoms with E-state index >= 15 is 0 Å². The lowest BCUT2D eigenvalue weighted by molar-refractivity contribution is -0.114. The molecule has 0 saturated heterocycles. The summed E-state index contributed by atoms with van der Waals surface area (Å²) in [7, 11) is -2.45. The van der Waals surface area contributed by atoms with E-state index in [1.54, 1.807) is 49.6 Å². The number of hydrogen-bond acceptors (Lipinski definition) is 7. The van der Waals surface area contributed by atoms with E-state index in [9.17, 15) is 13.2 Å². The Morgan fingerprint density at radius 2 is 1.68 bits per heavy atom. The molecule has 0 spiro atoms. The zero-order chi connectivity index (χ0) is 24.1. The summed E-state index contributed by atoms with van der Waals surface area (Å²) in [6.45, 7) is -0.452. The van der Waals surface area contributed by atoms with Crippen LogP contribution in [0.4, 0.5) is 10.8 Å². The third-order valence-electron chi connectivity index (χ3n) is 4.74. The van der Waals surface area contributed by atoms with E-state index in [1.165, 1.54) is 35.6 Å². The predicted molar refractivity (Wildman–Crippen MR) is 133 cm³/mol. The van der Waals surface area contributed by atoms with Gasteiger partial charge in [0.25, 0.3) is 10.0 Å². The normalized spacial score (nSPS) is 11.1. The van der Waals surface area contributed by atoms with Crippen molar-refractivity contribution in [2.45, 2.75) is 4.90 Å². The Labute approximate surface area is 205 Å². The van der Waals surface area contributed by atoms with Crippen LogP contribution >= 0.6 is 22.9 Å². The van der Waals surface area contributed by atoms with Crippen LogP contribution in [-0.2, 0) is 14.8 Å². The lowest BCUT2D eigenvalue weighted by Gasteiger charge is -2.23. The minimum atomic E-state index is -4.03. The molecule has 1 heterocycles. The van der Waals surface area contributed by atoms with Gasteiger partial charge in [-0.25, -0.2) is 8.42 Å². The van der Waals surface area contributed by atoms with Crippen LogP contribution < -0.4 is 14.4 Å². The maximum Gasteiger partial charge on any atom is 0.264 e. The van der Waals surface area contributed by atoms with Gasteiger partial charge in [-0.05, 0) is 60.7 Å². The highest BCUT2D eigenvalue weighted by atomic mass is 35.5. The molecule has 1 amide bonds. The molecule has 0 aliphatic carbocycles. The van der Waals surface area contributed by atoms with E-state index in [0.717, 1.165) is 9.87 Å². The molecule has 174 valence electrons. The summed E-state index contributed by atoms with van der Waals surface area (Å²) < 4.78 is 32.9. The van der Waals surface area contributed by atoms with Gasteiger partial charge in [-0.3, -0.25) is 14.4 Å². The largest absolute Gasteiger partial charge is 0.497 e. The number of nitrogens with zero attached hydrogens (tertiary/aromatic N) is 3. The molecule has 0 radical (unpaired) electrons. The van der Waals surface area contributed by atoms with Gasteiger partial charge in [0.15, 0.2) is 0 Å². The summed E-state index contributed by atoms with van der Waals surface area (Å²) in [6, 6.07) is 21.4. The van der Waals surface area contributed by atoms with Gasteiger partial charge >= 0.3 is 0 Å². The number of para-hydroxylation sites is 1. The first kappa shape index (κ1) is 23.7. The molecule has 8 nitrogen and oxygen atoms in total. The number of methoxy groups -OCH3 is 1. The van der Waals surface area contributed by atoms with Crippen molar-refractivity contribution >= 4 is 49.7 Å². The molecular formula is C23H19ClN4O4S2. The Bertz CT molecular complexity index is 1380. The highest BCUT2D eigenvalue weighted by molar-refractivity contribution is 7.92. The highest BCUT2D eigenvalue weighted by Gasteiger charge is 2.27. The summed E-state index contributed by atoms with van der Waals surface area (Å²) in [5.41, 5.74) is 1.17.